The van der Waals surface area contributed by atoms with Gasteiger partial charge in [0.25, 0.3) is 0 Å². The molecule has 1 amide bonds. The normalized spacial score (nSPS) is 19.2. The van der Waals surface area contributed by atoms with Crippen LogP contribution in [0.25, 0.3) is 0 Å². The van der Waals surface area contributed by atoms with Crippen molar-refractivity contribution in [3.05, 3.63) is 97.2 Å². The molecule has 0 aromatic carbocycles. The number of rotatable bonds is 56. The summed E-state index contributed by atoms with van der Waals surface area (Å²) in [5.74, 6) is -1.22. The van der Waals surface area contributed by atoms with E-state index in [0.29, 0.717) is 12.8 Å². The first kappa shape index (κ1) is 76.6. The lowest BCUT2D eigenvalue weighted by molar-refractivity contribution is -0.305. The molecule has 0 radical (unpaired) electrons. The average Bonchev–Trinajstić information content (AvgIpc) is 3.57. The summed E-state index contributed by atoms with van der Waals surface area (Å²) in [5.41, 5.74) is 0. The Morgan fingerprint density at radius 1 is 0.488 bits per heavy atom. The molecule has 472 valence electrons. The highest BCUT2D eigenvalue weighted by molar-refractivity contribution is 5.80. The number of esters is 1. The number of aliphatic hydroxyl groups is 5. The second kappa shape index (κ2) is 58.0. The maximum atomic E-state index is 13.4. The van der Waals surface area contributed by atoms with Crippen LogP contribution < -0.4 is 5.32 Å². The van der Waals surface area contributed by atoms with Crippen molar-refractivity contribution < 1.29 is 49.3 Å². The van der Waals surface area contributed by atoms with E-state index in [1.807, 2.05) is 6.08 Å². The standard InChI is InChI=1S/C71H123NO10/c1-4-7-10-13-16-19-22-25-26-27-28-29-30-31-32-33-34-35-36-37-38-41-44-47-50-53-56-59-66(76)82-69-68(78)67(77)65(60-73)81-71(69)80-61-62(63(74)57-54-51-48-45-42-39-23-20-17-14-11-8-5-2)72-70(79)64(75)58-55-52-49-46-43-40-24-21-18-15-12-9-6-3/h7,10,16,19,25-26,28-29,31-32,34-35,43,46,54,57,62-65,67-69,71,73-75,77-78H,4-6,8-9,11-15,17-18,20-24,27,30,33,36-42,44-45,47-53,55-56,58-61H2,1-3H3,(H,72,79)/b10-7-,19-16-,26-25-,29-28-,32-31-,35-34-,46-43-,57-54+. The monoisotopic (exact) mass is 1150 g/mol. The molecule has 8 atom stereocenters. The Morgan fingerprint density at radius 2 is 0.878 bits per heavy atom. The van der Waals surface area contributed by atoms with Crippen molar-refractivity contribution in [2.75, 3.05) is 13.2 Å². The maximum absolute atomic E-state index is 13.4. The van der Waals surface area contributed by atoms with Crippen LogP contribution in [0.4, 0.5) is 0 Å². The minimum Gasteiger partial charge on any atom is -0.454 e. The number of hydrogen-bond donors (Lipinski definition) is 6. The zero-order chi connectivity index (χ0) is 59.6. The molecule has 1 heterocycles. The van der Waals surface area contributed by atoms with Gasteiger partial charge < -0.3 is 45.1 Å². The fourth-order valence-corrected chi connectivity index (χ4v) is 9.94. The number of amides is 1. The second-order valence-electron chi connectivity index (χ2n) is 22.8. The third-order valence-corrected chi connectivity index (χ3v) is 15.2. The van der Waals surface area contributed by atoms with E-state index in [1.165, 1.54) is 122 Å². The Bertz CT molecular complexity index is 1700. The van der Waals surface area contributed by atoms with Gasteiger partial charge in [0.05, 0.1) is 25.4 Å². The number of aliphatic hydroxyl groups excluding tert-OH is 5. The summed E-state index contributed by atoms with van der Waals surface area (Å²) in [6, 6.07) is -1.04. The minimum atomic E-state index is -1.63. The molecule has 1 fully saturated rings. The molecular formula is C71H123NO10. The summed E-state index contributed by atoms with van der Waals surface area (Å²) >= 11 is 0. The Balaban J connectivity index is 2.60. The second-order valence-corrected chi connectivity index (χ2v) is 22.8. The minimum absolute atomic E-state index is 0.107. The van der Waals surface area contributed by atoms with Crippen molar-refractivity contribution >= 4 is 11.9 Å². The van der Waals surface area contributed by atoms with Gasteiger partial charge in [0, 0.05) is 6.42 Å². The van der Waals surface area contributed by atoms with Gasteiger partial charge in [-0.25, -0.2) is 0 Å². The molecule has 82 heavy (non-hydrogen) atoms. The van der Waals surface area contributed by atoms with Gasteiger partial charge in [-0.2, -0.15) is 0 Å². The molecule has 0 bridgehead atoms. The Labute approximate surface area is 501 Å². The van der Waals surface area contributed by atoms with Gasteiger partial charge in [-0.15, -0.1) is 0 Å². The van der Waals surface area contributed by atoms with Crippen LogP contribution in [0.2, 0.25) is 0 Å². The van der Waals surface area contributed by atoms with Crippen LogP contribution in [0.3, 0.4) is 0 Å². The van der Waals surface area contributed by atoms with E-state index in [-0.39, 0.29) is 19.4 Å². The Morgan fingerprint density at radius 3 is 1.33 bits per heavy atom. The van der Waals surface area contributed by atoms with E-state index in [2.05, 4.69) is 111 Å². The van der Waals surface area contributed by atoms with Gasteiger partial charge in [0.2, 0.25) is 5.91 Å². The molecule has 0 aromatic heterocycles. The van der Waals surface area contributed by atoms with Crippen LogP contribution in [0.1, 0.15) is 278 Å². The van der Waals surface area contributed by atoms with Crippen molar-refractivity contribution in [3.63, 3.8) is 0 Å². The van der Waals surface area contributed by atoms with E-state index in [4.69, 9.17) is 14.2 Å². The maximum Gasteiger partial charge on any atom is 0.306 e. The average molecular weight is 1150 g/mol. The molecule has 0 aliphatic carbocycles. The summed E-state index contributed by atoms with van der Waals surface area (Å²) in [5, 5.41) is 57.1. The summed E-state index contributed by atoms with van der Waals surface area (Å²) < 4.78 is 17.6. The van der Waals surface area contributed by atoms with Crippen LogP contribution >= 0.6 is 0 Å². The lowest BCUT2D eigenvalue weighted by Gasteiger charge is -2.41. The fourth-order valence-electron chi connectivity index (χ4n) is 9.94. The first-order chi connectivity index (χ1) is 40.2. The number of allylic oxidation sites excluding steroid dienone is 15. The molecule has 1 rings (SSSR count). The number of carbonyl (C=O) groups excluding carboxylic acids is 2. The van der Waals surface area contributed by atoms with Gasteiger partial charge in [0.15, 0.2) is 12.4 Å². The molecule has 1 aliphatic heterocycles. The summed E-state index contributed by atoms with van der Waals surface area (Å²) in [6.07, 6.45) is 67.3. The molecule has 0 aromatic rings. The molecular weight excluding hydrogens is 1030 g/mol. The highest BCUT2D eigenvalue weighted by Gasteiger charge is 2.47. The van der Waals surface area contributed by atoms with Crippen molar-refractivity contribution in [3.8, 4) is 0 Å². The topological polar surface area (TPSA) is 175 Å². The van der Waals surface area contributed by atoms with Crippen molar-refractivity contribution in [1.29, 1.82) is 0 Å². The molecule has 0 saturated carbocycles. The van der Waals surface area contributed by atoms with E-state index in [9.17, 15) is 35.1 Å². The number of carbonyl (C=O) groups is 2. The quantitative estimate of drug-likeness (QED) is 0.0195. The van der Waals surface area contributed by atoms with E-state index in [0.717, 1.165) is 109 Å². The molecule has 6 N–H and O–H groups in total. The van der Waals surface area contributed by atoms with Gasteiger partial charge in [-0.1, -0.05) is 266 Å². The van der Waals surface area contributed by atoms with E-state index in [1.54, 1.807) is 6.08 Å². The van der Waals surface area contributed by atoms with Crippen molar-refractivity contribution in [2.45, 2.75) is 327 Å². The molecule has 8 unspecified atom stereocenters. The number of unbranched alkanes of at least 4 members (excludes halogenated alkanes) is 28. The van der Waals surface area contributed by atoms with Gasteiger partial charge in [-0.05, 0) is 103 Å². The van der Waals surface area contributed by atoms with Crippen LogP contribution in [-0.4, -0.2) is 99.6 Å². The molecule has 11 heteroatoms. The van der Waals surface area contributed by atoms with Crippen LogP contribution in [-0.2, 0) is 23.8 Å². The predicted octanol–water partition coefficient (Wildman–Crippen LogP) is 16.7. The van der Waals surface area contributed by atoms with Gasteiger partial charge >= 0.3 is 5.97 Å². The number of ether oxygens (including phenoxy) is 3. The van der Waals surface area contributed by atoms with E-state index >= 15 is 0 Å². The highest BCUT2D eigenvalue weighted by Crippen LogP contribution is 2.26. The van der Waals surface area contributed by atoms with Crippen LogP contribution in [0.15, 0.2) is 97.2 Å². The van der Waals surface area contributed by atoms with Gasteiger partial charge in [0.1, 0.15) is 24.4 Å². The number of nitrogens with one attached hydrogen (secondary N) is 1. The third-order valence-electron chi connectivity index (χ3n) is 15.2. The largest absolute Gasteiger partial charge is 0.454 e. The molecule has 11 nitrogen and oxygen atoms in total. The summed E-state index contributed by atoms with van der Waals surface area (Å²) in [6.45, 7) is 5.66. The lowest BCUT2D eigenvalue weighted by Crippen LogP contribution is -2.61. The predicted molar refractivity (Wildman–Crippen MR) is 342 cm³/mol. The lowest BCUT2D eigenvalue weighted by atomic mass is 9.99. The third kappa shape index (κ3) is 45.0. The first-order valence-electron chi connectivity index (χ1n) is 33.5. The SMILES string of the molecule is CC/C=C\C/C=C\C/C=C\C/C=C\C/C=C\C/C=C\CCCCCCCCCCC(=O)OC1C(OCC(NC(=O)C(O)CCCC/C=C\CCCCCCCCC)C(O)/C=C/CCCCCCCCCCCCC)OC(CO)C(O)C1O. The fraction of sp³-hybridized carbons (Fsp3) is 0.746. The highest BCUT2D eigenvalue weighted by atomic mass is 16.7. The van der Waals surface area contributed by atoms with Crippen molar-refractivity contribution in [2.24, 2.45) is 0 Å². The number of hydrogen-bond acceptors (Lipinski definition) is 10. The Kier molecular flexibility index (Phi) is 54.2. The molecule has 1 aliphatic rings. The molecule has 0 spiro atoms. The molecule has 1 saturated heterocycles. The first-order valence-corrected chi connectivity index (χ1v) is 33.5. The summed E-state index contributed by atoms with van der Waals surface area (Å²) in [4.78, 5) is 26.6. The zero-order valence-electron chi connectivity index (χ0n) is 52.3. The van der Waals surface area contributed by atoms with E-state index < -0.39 is 67.4 Å². The Hall–Kier alpha value is -3.42. The summed E-state index contributed by atoms with van der Waals surface area (Å²) in [7, 11) is 0. The smallest absolute Gasteiger partial charge is 0.306 e. The van der Waals surface area contributed by atoms with Crippen LogP contribution in [0.5, 0.6) is 0 Å². The van der Waals surface area contributed by atoms with Crippen molar-refractivity contribution in [1.82, 2.24) is 5.32 Å². The van der Waals surface area contributed by atoms with Gasteiger partial charge in [-0.3, -0.25) is 9.59 Å². The van der Waals surface area contributed by atoms with Crippen LogP contribution in [0, 0.1) is 0 Å². The zero-order valence-corrected chi connectivity index (χ0v) is 52.3.